The van der Waals surface area contributed by atoms with Gasteiger partial charge in [0.05, 0.1) is 20.6 Å². The van der Waals surface area contributed by atoms with Crippen molar-refractivity contribution in [1.29, 1.82) is 0 Å². The highest BCUT2D eigenvalue weighted by Gasteiger charge is 2.33. The van der Waals surface area contributed by atoms with Crippen LogP contribution in [0.1, 0.15) is 24.0 Å². The molecule has 1 aliphatic carbocycles. The van der Waals surface area contributed by atoms with Gasteiger partial charge in [-0.2, -0.15) is 0 Å². The second kappa shape index (κ2) is 4.98. The molecule has 1 unspecified atom stereocenters. The van der Waals surface area contributed by atoms with Gasteiger partial charge in [-0.25, -0.2) is 0 Å². The Kier molecular flexibility index (Phi) is 3.57. The molecule has 0 saturated carbocycles. The largest absolute Gasteiger partial charge is 0.497 e. The SMILES string of the molecule is COC(=O)CC1(N)CCc2ccc(OC)cc2C1. The average molecular weight is 249 g/mol. The molecular weight excluding hydrogens is 230 g/mol. The van der Waals surface area contributed by atoms with Gasteiger partial charge in [-0.15, -0.1) is 0 Å². The molecule has 0 spiro atoms. The Morgan fingerprint density at radius 2 is 2.17 bits per heavy atom. The number of hydrogen-bond acceptors (Lipinski definition) is 4. The number of methoxy groups -OCH3 is 2. The van der Waals surface area contributed by atoms with Crippen LogP contribution in [0, 0.1) is 0 Å². The van der Waals surface area contributed by atoms with Crippen LogP contribution in [-0.4, -0.2) is 25.7 Å². The van der Waals surface area contributed by atoms with Gasteiger partial charge in [0.25, 0.3) is 0 Å². The van der Waals surface area contributed by atoms with E-state index in [2.05, 4.69) is 6.07 Å². The van der Waals surface area contributed by atoms with Gasteiger partial charge in [0.15, 0.2) is 0 Å². The van der Waals surface area contributed by atoms with E-state index in [1.54, 1.807) is 7.11 Å². The van der Waals surface area contributed by atoms with Crippen LogP contribution in [0.3, 0.4) is 0 Å². The van der Waals surface area contributed by atoms with Crippen molar-refractivity contribution < 1.29 is 14.3 Å². The molecular formula is C14H19NO3. The van der Waals surface area contributed by atoms with Gasteiger partial charge >= 0.3 is 5.97 Å². The number of benzene rings is 1. The number of fused-ring (bicyclic) bond motifs is 1. The summed E-state index contributed by atoms with van der Waals surface area (Å²) < 4.78 is 9.93. The summed E-state index contributed by atoms with van der Waals surface area (Å²) >= 11 is 0. The van der Waals surface area contributed by atoms with Crippen LogP contribution >= 0.6 is 0 Å². The van der Waals surface area contributed by atoms with E-state index in [9.17, 15) is 4.79 Å². The minimum Gasteiger partial charge on any atom is -0.497 e. The first-order valence-corrected chi connectivity index (χ1v) is 6.08. The zero-order valence-corrected chi connectivity index (χ0v) is 10.9. The lowest BCUT2D eigenvalue weighted by Crippen LogP contribution is -2.47. The number of hydrogen-bond donors (Lipinski definition) is 1. The molecule has 4 heteroatoms. The zero-order chi connectivity index (χ0) is 13.2. The van der Waals surface area contributed by atoms with Crippen molar-refractivity contribution in [2.24, 2.45) is 5.73 Å². The number of rotatable bonds is 3. The summed E-state index contributed by atoms with van der Waals surface area (Å²) in [5, 5.41) is 0. The van der Waals surface area contributed by atoms with Crippen LogP contribution in [0.2, 0.25) is 0 Å². The van der Waals surface area contributed by atoms with Crippen molar-refractivity contribution in [2.75, 3.05) is 14.2 Å². The quantitative estimate of drug-likeness (QED) is 0.823. The van der Waals surface area contributed by atoms with E-state index in [1.807, 2.05) is 12.1 Å². The smallest absolute Gasteiger partial charge is 0.307 e. The highest BCUT2D eigenvalue weighted by atomic mass is 16.5. The van der Waals surface area contributed by atoms with Crippen molar-refractivity contribution in [1.82, 2.24) is 0 Å². The normalized spacial score (nSPS) is 22.2. The van der Waals surface area contributed by atoms with Crippen LogP contribution in [0.5, 0.6) is 5.75 Å². The fourth-order valence-corrected chi connectivity index (χ4v) is 2.50. The molecule has 1 aromatic carbocycles. The summed E-state index contributed by atoms with van der Waals surface area (Å²) in [4.78, 5) is 11.4. The maximum Gasteiger partial charge on any atom is 0.307 e. The lowest BCUT2D eigenvalue weighted by Gasteiger charge is -2.34. The van der Waals surface area contributed by atoms with Crippen LogP contribution < -0.4 is 10.5 Å². The highest BCUT2D eigenvalue weighted by Crippen LogP contribution is 2.31. The van der Waals surface area contributed by atoms with E-state index in [0.29, 0.717) is 6.42 Å². The summed E-state index contributed by atoms with van der Waals surface area (Å²) in [7, 11) is 3.04. The average Bonchev–Trinajstić information content (AvgIpc) is 2.37. The molecule has 2 rings (SSSR count). The molecule has 0 saturated heterocycles. The van der Waals surface area contributed by atoms with Crippen LogP contribution in [-0.2, 0) is 22.4 Å². The second-order valence-electron chi connectivity index (χ2n) is 4.93. The standard InChI is InChI=1S/C14H19NO3/c1-17-12-4-3-10-5-6-14(15,8-11(10)7-12)9-13(16)18-2/h3-4,7H,5-6,8-9,15H2,1-2H3. The maximum absolute atomic E-state index is 11.4. The van der Waals surface area contributed by atoms with E-state index < -0.39 is 5.54 Å². The molecule has 1 aromatic rings. The molecule has 0 amide bonds. The van der Waals surface area contributed by atoms with E-state index >= 15 is 0 Å². The Labute approximate surface area is 107 Å². The predicted octanol–water partition coefficient (Wildman–Crippen LogP) is 1.44. The summed E-state index contributed by atoms with van der Waals surface area (Å²) in [5.74, 6) is 0.583. The van der Waals surface area contributed by atoms with Gasteiger partial charge in [-0.3, -0.25) is 4.79 Å². The van der Waals surface area contributed by atoms with Crippen molar-refractivity contribution in [3.05, 3.63) is 29.3 Å². The topological polar surface area (TPSA) is 61.5 Å². The van der Waals surface area contributed by atoms with E-state index in [4.69, 9.17) is 15.2 Å². The Morgan fingerprint density at radius 3 is 2.83 bits per heavy atom. The minimum absolute atomic E-state index is 0.246. The third-order valence-electron chi connectivity index (χ3n) is 3.57. The number of esters is 1. The van der Waals surface area contributed by atoms with E-state index in [0.717, 1.165) is 18.6 Å². The first-order chi connectivity index (χ1) is 8.56. The minimum atomic E-state index is -0.494. The molecule has 4 nitrogen and oxygen atoms in total. The van der Waals surface area contributed by atoms with Gasteiger partial charge in [-0.1, -0.05) is 6.07 Å². The fraction of sp³-hybridized carbons (Fsp3) is 0.500. The lowest BCUT2D eigenvalue weighted by atomic mass is 9.77. The molecule has 1 atom stereocenters. The van der Waals surface area contributed by atoms with Crippen molar-refractivity contribution in [3.8, 4) is 5.75 Å². The van der Waals surface area contributed by atoms with Crippen LogP contribution in [0.15, 0.2) is 18.2 Å². The molecule has 1 aliphatic rings. The molecule has 18 heavy (non-hydrogen) atoms. The Bertz CT molecular complexity index is 458. The first-order valence-electron chi connectivity index (χ1n) is 6.08. The number of nitrogens with two attached hydrogens (primary N) is 1. The Morgan fingerprint density at radius 1 is 1.39 bits per heavy atom. The van der Waals surface area contributed by atoms with Crippen molar-refractivity contribution >= 4 is 5.97 Å². The first kappa shape index (κ1) is 12.9. The molecule has 0 fully saturated rings. The number of ether oxygens (including phenoxy) is 2. The molecule has 98 valence electrons. The van der Waals surface area contributed by atoms with Gasteiger partial charge < -0.3 is 15.2 Å². The third-order valence-corrected chi connectivity index (χ3v) is 3.57. The fourth-order valence-electron chi connectivity index (χ4n) is 2.50. The molecule has 0 bridgehead atoms. The summed E-state index contributed by atoms with van der Waals surface area (Å²) in [6.45, 7) is 0. The van der Waals surface area contributed by atoms with Crippen LogP contribution in [0.25, 0.3) is 0 Å². The third kappa shape index (κ3) is 2.64. The predicted molar refractivity (Wildman–Crippen MR) is 68.6 cm³/mol. The van der Waals surface area contributed by atoms with Gasteiger partial charge in [-0.05, 0) is 42.5 Å². The summed E-state index contributed by atoms with van der Waals surface area (Å²) in [6.07, 6.45) is 2.66. The van der Waals surface area contributed by atoms with E-state index in [-0.39, 0.29) is 12.4 Å². The van der Waals surface area contributed by atoms with Crippen LogP contribution in [0.4, 0.5) is 0 Å². The van der Waals surface area contributed by atoms with E-state index in [1.165, 1.54) is 18.2 Å². The lowest BCUT2D eigenvalue weighted by molar-refractivity contribution is -0.142. The molecule has 0 aliphatic heterocycles. The zero-order valence-electron chi connectivity index (χ0n) is 10.9. The van der Waals surface area contributed by atoms with Crippen molar-refractivity contribution in [2.45, 2.75) is 31.2 Å². The number of carbonyl (C=O) groups is 1. The summed E-state index contributed by atoms with van der Waals surface area (Å²) in [5.41, 5.74) is 8.27. The Balaban J connectivity index is 2.19. The van der Waals surface area contributed by atoms with Gasteiger partial charge in [0.1, 0.15) is 5.75 Å². The van der Waals surface area contributed by atoms with Crippen molar-refractivity contribution in [3.63, 3.8) is 0 Å². The molecule has 0 aromatic heterocycles. The molecule has 2 N–H and O–H groups in total. The number of carbonyl (C=O) groups excluding carboxylic acids is 1. The highest BCUT2D eigenvalue weighted by molar-refractivity contribution is 5.71. The molecule has 0 radical (unpaired) electrons. The maximum atomic E-state index is 11.4. The van der Waals surface area contributed by atoms with Gasteiger partial charge in [0, 0.05) is 5.54 Å². The summed E-state index contributed by atoms with van der Waals surface area (Å²) in [6, 6.07) is 6.04. The monoisotopic (exact) mass is 249 g/mol. The number of aryl methyl sites for hydroxylation is 1. The van der Waals surface area contributed by atoms with Gasteiger partial charge in [0.2, 0.25) is 0 Å². The second-order valence-corrected chi connectivity index (χ2v) is 4.93. The Hall–Kier alpha value is -1.55. The molecule has 0 heterocycles.